The quantitative estimate of drug-likeness (QED) is 0.859. The Bertz CT molecular complexity index is 658. The van der Waals surface area contributed by atoms with Crippen molar-refractivity contribution in [1.29, 1.82) is 0 Å². The third-order valence-electron chi connectivity index (χ3n) is 3.47. The van der Waals surface area contributed by atoms with Crippen LogP contribution in [0.4, 0.5) is 5.13 Å². The molecule has 0 amide bonds. The maximum Gasteiger partial charge on any atom is 0.260 e. The average Bonchev–Trinajstić information content (AvgIpc) is 2.79. The van der Waals surface area contributed by atoms with E-state index in [4.69, 9.17) is 5.73 Å². The first-order valence-electron chi connectivity index (χ1n) is 6.97. The molecule has 0 fully saturated rings. The van der Waals surface area contributed by atoms with Gasteiger partial charge in [0.1, 0.15) is 0 Å². The summed E-state index contributed by atoms with van der Waals surface area (Å²) in [5.74, 6) is 0. The van der Waals surface area contributed by atoms with Crippen LogP contribution in [0.25, 0.3) is 11.3 Å². The van der Waals surface area contributed by atoms with Gasteiger partial charge >= 0.3 is 0 Å². The summed E-state index contributed by atoms with van der Waals surface area (Å²) >= 11 is 1.37. The van der Waals surface area contributed by atoms with E-state index in [1.807, 2.05) is 23.8 Å². The Labute approximate surface area is 123 Å². The Morgan fingerprint density at radius 2 is 2.10 bits per heavy atom. The van der Waals surface area contributed by atoms with Crippen molar-refractivity contribution in [3.8, 4) is 11.3 Å². The molecule has 2 rings (SSSR count). The molecule has 0 saturated carbocycles. The van der Waals surface area contributed by atoms with Gasteiger partial charge in [0.05, 0.1) is 11.3 Å². The molecule has 0 spiro atoms. The normalized spacial score (nSPS) is 10.9. The number of nitrogen functional groups attached to an aromatic ring is 1. The number of nitrogens with zero attached hydrogens (tertiary/aromatic N) is 2. The lowest BCUT2D eigenvalue weighted by atomic mass is 10.1. The predicted octanol–water partition coefficient (Wildman–Crippen LogP) is 3.36. The molecule has 0 aliphatic heterocycles. The summed E-state index contributed by atoms with van der Waals surface area (Å²) in [5.41, 5.74) is 9.07. The van der Waals surface area contributed by atoms with E-state index < -0.39 is 0 Å². The van der Waals surface area contributed by atoms with Crippen LogP contribution in [0.15, 0.2) is 16.2 Å². The molecule has 4 nitrogen and oxygen atoms in total. The minimum absolute atomic E-state index is 0.0453. The van der Waals surface area contributed by atoms with Crippen LogP contribution in [0.1, 0.15) is 37.4 Å². The largest absolute Gasteiger partial charge is 0.375 e. The maximum atomic E-state index is 12.7. The number of aryl methyl sites for hydroxylation is 2. The van der Waals surface area contributed by atoms with Gasteiger partial charge in [-0.25, -0.2) is 4.98 Å². The lowest BCUT2D eigenvalue weighted by molar-refractivity contribution is 0.576. The molecule has 2 aromatic heterocycles. The van der Waals surface area contributed by atoms with Crippen LogP contribution in [0.2, 0.25) is 0 Å². The summed E-state index contributed by atoms with van der Waals surface area (Å²) in [6, 6.07) is 2.05. The monoisotopic (exact) mass is 291 g/mol. The van der Waals surface area contributed by atoms with Gasteiger partial charge in [0, 0.05) is 17.6 Å². The van der Waals surface area contributed by atoms with E-state index in [0.717, 1.165) is 37.1 Å². The van der Waals surface area contributed by atoms with Gasteiger partial charge < -0.3 is 10.3 Å². The van der Waals surface area contributed by atoms with E-state index >= 15 is 0 Å². The highest BCUT2D eigenvalue weighted by atomic mass is 32.1. The number of thiazole rings is 1. The standard InChI is InChI=1S/C15H21N3OS/c1-4-5-6-7-18-11(3)8-10(2)13(14(18)19)12-9-20-15(16)17-12/h8-9H,4-7H2,1-3H3,(H2,16,17). The Kier molecular flexibility index (Phi) is 4.60. The predicted molar refractivity (Wildman–Crippen MR) is 85.2 cm³/mol. The summed E-state index contributed by atoms with van der Waals surface area (Å²) in [5, 5.41) is 2.35. The van der Waals surface area contributed by atoms with Crippen molar-refractivity contribution in [2.24, 2.45) is 0 Å². The van der Waals surface area contributed by atoms with Crippen LogP contribution in [-0.2, 0) is 6.54 Å². The topological polar surface area (TPSA) is 60.9 Å². The van der Waals surface area contributed by atoms with Crippen molar-refractivity contribution >= 4 is 16.5 Å². The summed E-state index contributed by atoms with van der Waals surface area (Å²) in [7, 11) is 0. The fraction of sp³-hybridized carbons (Fsp3) is 0.467. The number of pyridine rings is 1. The molecule has 0 radical (unpaired) electrons. The molecule has 108 valence electrons. The van der Waals surface area contributed by atoms with Gasteiger partial charge in [0.15, 0.2) is 5.13 Å². The van der Waals surface area contributed by atoms with E-state index in [-0.39, 0.29) is 5.56 Å². The molecule has 0 bridgehead atoms. The zero-order valence-corrected chi connectivity index (χ0v) is 13.1. The summed E-state index contributed by atoms with van der Waals surface area (Å²) in [6.07, 6.45) is 3.31. The van der Waals surface area contributed by atoms with E-state index in [1.54, 1.807) is 0 Å². The Morgan fingerprint density at radius 3 is 2.70 bits per heavy atom. The van der Waals surface area contributed by atoms with Crippen LogP contribution in [0.5, 0.6) is 0 Å². The van der Waals surface area contributed by atoms with Crippen molar-refractivity contribution in [3.63, 3.8) is 0 Å². The summed E-state index contributed by atoms with van der Waals surface area (Å²) < 4.78 is 1.85. The van der Waals surface area contributed by atoms with E-state index in [9.17, 15) is 4.79 Å². The minimum atomic E-state index is 0.0453. The lowest BCUT2D eigenvalue weighted by Crippen LogP contribution is -2.25. The van der Waals surface area contributed by atoms with Gasteiger partial charge in [-0.1, -0.05) is 19.8 Å². The van der Waals surface area contributed by atoms with Crippen molar-refractivity contribution < 1.29 is 0 Å². The first kappa shape index (κ1) is 14.8. The van der Waals surface area contributed by atoms with Crippen LogP contribution < -0.4 is 11.3 Å². The SMILES string of the molecule is CCCCCn1c(C)cc(C)c(-c2csc(N)n2)c1=O. The first-order chi connectivity index (χ1) is 9.54. The molecular weight excluding hydrogens is 270 g/mol. The maximum absolute atomic E-state index is 12.7. The molecule has 2 heterocycles. The summed E-state index contributed by atoms with van der Waals surface area (Å²) in [4.78, 5) is 17.0. The third kappa shape index (κ3) is 2.93. The van der Waals surface area contributed by atoms with Crippen molar-refractivity contribution in [1.82, 2.24) is 9.55 Å². The second-order valence-electron chi connectivity index (χ2n) is 5.08. The molecular formula is C15H21N3OS. The second-order valence-corrected chi connectivity index (χ2v) is 5.97. The zero-order valence-electron chi connectivity index (χ0n) is 12.3. The molecule has 0 aromatic carbocycles. The van der Waals surface area contributed by atoms with Crippen molar-refractivity contribution in [3.05, 3.63) is 33.1 Å². The van der Waals surface area contributed by atoms with Gasteiger partial charge in [-0.05, 0) is 31.9 Å². The zero-order chi connectivity index (χ0) is 14.7. The van der Waals surface area contributed by atoms with E-state index in [2.05, 4.69) is 18.0 Å². The Morgan fingerprint density at radius 1 is 1.35 bits per heavy atom. The van der Waals surface area contributed by atoms with Crippen LogP contribution in [0.3, 0.4) is 0 Å². The molecule has 20 heavy (non-hydrogen) atoms. The van der Waals surface area contributed by atoms with Crippen LogP contribution in [0, 0.1) is 13.8 Å². The highest BCUT2D eigenvalue weighted by Crippen LogP contribution is 2.23. The highest BCUT2D eigenvalue weighted by Gasteiger charge is 2.14. The number of nitrogens with two attached hydrogens (primary N) is 1. The molecule has 0 aliphatic rings. The Hall–Kier alpha value is -1.62. The number of hydrogen-bond donors (Lipinski definition) is 1. The number of aromatic nitrogens is 2. The van der Waals surface area contributed by atoms with Crippen molar-refractivity contribution in [2.75, 3.05) is 5.73 Å². The number of rotatable bonds is 5. The van der Waals surface area contributed by atoms with Crippen LogP contribution >= 0.6 is 11.3 Å². The van der Waals surface area contributed by atoms with Crippen LogP contribution in [-0.4, -0.2) is 9.55 Å². The van der Waals surface area contributed by atoms with Crippen molar-refractivity contribution in [2.45, 2.75) is 46.6 Å². The fourth-order valence-corrected chi connectivity index (χ4v) is 2.99. The lowest BCUT2D eigenvalue weighted by Gasteiger charge is -2.13. The summed E-state index contributed by atoms with van der Waals surface area (Å²) in [6.45, 7) is 6.87. The molecule has 2 N–H and O–H groups in total. The first-order valence-corrected chi connectivity index (χ1v) is 7.85. The van der Waals surface area contributed by atoms with Gasteiger partial charge in [-0.2, -0.15) is 0 Å². The average molecular weight is 291 g/mol. The molecule has 0 atom stereocenters. The molecule has 0 aliphatic carbocycles. The minimum Gasteiger partial charge on any atom is -0.375 e. The third-order valence-corrected chi connectivity index (χ3v) is 4.14. The number of unbranched alkanes of at least 4 members (excludes halogenated alkanes) is 2. The smallest absolute Gasteiger partial charge is 0.260 e. The van der Waals surface area contributed by atoms with Gasteiger partial charge in [0.2, 0.25) is 0 Å². The van der Waals surface area contributed by atoms with E-state index in [0.29, 0.717) is 16.4 Å². The van der Waals surface area contributed by atoms with Gasteiger partial charge in [-0.15, -0.1) is 11.3 Å². The molecule has 0 saturated heterocycles. The Balaban J connectivity index is 2.47. The van der Waals surface area contributed by atoms with Gasteiger partial charge in [-0.3, -0.25) is 4.79 Å². The fourth-order valence-electron chi connectivity index (χ4n) is 2.44. The molecule has 5 heteroatoms. The molecule has 0 unspecified atom stereocenters. The van der Waals surface area contributed by atoms with Gasteiger partial charge in [0.25, 0.3) is 5.56 Å². The van der Waals surface area contributed by atoms with E-state index in [1.165, 1.54) is 11.3 Å². The molecule has 2 aromatic rings. The number of hydrogen-bond acceptors (Lipinski definition) is 4. The second kappa shape index (κ2) is 6.22. The highest BCUT2D eigenvalue weighted by molar-refractivity contribution is 7.13. The number of anilines is 1.